The molecular weight excluding hydrogens is 486 g/mol. The highest BCUT2D eigenvalue weighted by atomic mass is 35.5. The van der Waals surface area contributed by atoms with Crippen LogP contribution in [0.2, 0.25) is 5.02 Å². The van der Waals surface area contributed by atoms with Gasteiger partial charge in [0.15, 0.2) is 29.6 Å². The van der Waals surface area contributed by atoms with Crippen LogP contribution in [0, 0.1) is 13.8 Å². The first-order chi connectivity index (χ1) is 17.4. The molecule has 1 N–H and O–H groups in total. The molecule has 188 valence electrons. The largest absolute Gasteiger partial charge is 0.493 e. The molecule has 0 fully saturated rings. The molecule has 0 saturated carbocycles. The van der Waals surface area contributed by atoms with Gasteiger partial charge in [-0.15, -0.1) is 15.3 Å². The number of nitrogens with zero attached hydrogens (tertiary/aromatic N) is 4. The van der Waals surface area contributed by atoms with Crippen LogP contribution in [0.1, 0.15) is 11.1 Å². The second kappa shape index (κ2) is 11.1. The number of methoxy groups -OCH3 is 2. The number of carbonyl (C=O) groups excluding carboxylic acids is 1. The molecule has 1 amide bonds. The van der Waals surface area contributed by atoms with E-state index in [2.05, 4.69) is 20.6 Å². The molecule has 4 rings (SSSR count). The average Bonchev–Trinajstić information content (AvgIpc) is 3.31. The molecule has 4 aromatic rings. The van der Waals surface area contributed by atoms with Gasteiger partial charge >= 0.3 is 0 Å². The third-order valence-electron chi connectivity index (χ3n) is 5.33. The van der Waals surface area contributed by atoms with Crippen molar-refractivity contribution in [3.63, 3.8) is 0 Å². The molecule has 0 aliphatic carbocycles. The van der Waals surface area contributed by atoms with Crippen molar-refractivity contribution in [3.05, 3.63) is 58.6 Å². The van der Waals surface area contributed by atoms with Gasteiger partial charge in [0, 0.05) is 16.7 Å². The zero-order valence-corrected chi connectivity index (χ0v) is 21.1. The second-order valence-corrected chi connectivity index (χ2v) is 8.27. The van der Waals surface area contributed by atoms with Gasteiger partial charge in [0.25, 0.3) is 5.91 Å². The highest BCUT2D eigenvalue weighted by Crippen LogP contribution is 2.31. The first-order valence-electron chi connectivity index (χ1n) is 11.1. The van der Waals surface area contributed by atoms with Crippen molar-refractivity contribution < 1.29 is 23.7 Å². The van der Waals surface area contributed by atoms with Gasteiger partial charge in [-0.2, -0.15) is 4.52 Å². The number of ether oxygens (including phenoxy) is 4. The Labute approximate surface area is 213 Å². The van der Waals surface area contributed by atoms with Crippen LogP contribution in [-0.2, 0) is 4.79 Å². The molecule has 0 radical (unpaired) electrons. The lowest BCUT2D eigenvalue weighted by Gasteiger charge is -2.11. The highest BCUT2D eigenvalue weighted by Gasteiger charge is 2.14. The molecule has 2 aromatic heterocycles. The first-order valence-corrected chi connectivity index (χ1v) is 11.5. The first kappa shape index (κ1) is 25.1. The molecule has 11 heteroatoms. The molecule has 0 aliphatic rings. The van der Waals surface area contributed by atoms with E-state index < -0.39 is 0 Å². The highest BCUT2D eigenvalue weighted by molar-refractivity contribution is 6.32. The van der Waals surface area contributed by atoms with Crippen molar-refractivity contribution in [2.24, 2.45) is 0 Å². The van der Waals surface area contributed by atoms with Crippen LogP contribution in [0.4, 0.5) is 0 Å². The normalized spacial score (nSPS) is 10.8. The summed E-state index contributed by atoms with van der Waals surface area (Å²) < 4.78 is 23.5. The summed E-state index contributed by atoms with van der Waals surface area (Å²) in [5.41, 5.74) is 3.10. The van der Waals surface area contributed by atoms with Crippen LogP contribution >= 0.6 is 11.6 Å². The van der Waals surface area contributed by atoms with E-state index >= 15 is 0 Å². The van der Waals surface area contributed by atoms with Crippen LogP contribution in [-0.4, -0.2) is 59.7 Å². The molecule has 0 aliphatic heterocycles. The maximum absolute atomic E-state index is 12.1. The molecule has 0 bridgehead atoms. The third kappa shape index (κ3) is 5.60. The summed E-state index contributed by atoms with van der Waals surface area (Å²) in [5.74, 6) is 2.40. The minimum Gasteiger partial charge on any atom is -0.493 e. The van der Waals surface area contributed by atoms with E-state index in [0.29, 0.717) is 39.6 Å². The van der Waals surface area contributed by atoms with E-state index in [0.717, 1.165) is 16.7 Å². The molecule has 36 heavy (non-hydrogen) atoms. The Morgan fingerprint density at radius 2 is 1.72 bits per heavy atom. The smallest absolute Gasteiger partial charge is 0.258 e. The molecule has 0 atom stereocenters. The van der Waals surface area contributed by atoms with Gasteiger partial charge in [-0.1, -0.05) is 11.6 Å². The van der Waals surface area contributed by atoms with Crippen LogP contribution in [0.25, 0.3) is 17.0 Å². The number of benzene rings is 2. The van der Waals surface area contributed by atoms with Gasteiger partial charge in [-0.3, -0.25) is 4.79 Å². The SMILES string of the molecule is COc1ccc(-c2nnc3ccc(OCCNC(=O)COc4cc(C)c(Cl)c(C)c4)nn23)cc1OC. The number of fused-ring (bicyclic) bond motifs is 1. The fourth-order valence-electron chi connectivity index (χ4n) is 3.54. The number of carbonyl (C=O) groups is 1. The molecule has 0 spiro atoms. The lowest BCUT2D eigenvalue weighted by atomic mass is 10.1. The van der Waals surface area contributed by atoms with Gasteiger partial charge in [0.2, 0.25) is 5.88 Å². The van der Waals surface area contributed by atoms with Crippen LogP contribution in [0.3, 0.4) is 0 Å². The fourth-order valence-corrected chi connectivity index (χ4v) is 3.65. The summed E-state index contributed by atoms with van der Waals surface area (Å²) in [4.78, 5) is 12.1. The zero-order valence-electron chi connectivity index (χ0n) is 20.4. The molecule has 0 unspecified atom stereocenters. The standard InChI is InChI=1S/C25H26ClN5O5/c1-15-11-18(12-16(2)24(15)26)36-14-22(32)27-9-10-35-23-8-7-21-28-29-25(31(21)30-23)17-5-6-19(33-3)20(13-17)34-4/h5-8,11-13H,9-10,14H2,1-4H3,(H,27,32). The van der Waals surface area contributed by atoms with Crippen LogP contribution in [0.5, 0.6) is 23.1 Å². The Bertz CT molecular complexity index is 1370. The van der Waals surface area contributed by atoms with E-state index in [1.165, 1.54) is 0 Å². The predicted octanol–water partition coefficient (Wildman–Crippen LogP) is 3.65. The molecule has 2 heterocycles. The van der Waals surface area contributed by atoms with Crippen molar-refractivity contribution in [3.8, 4) is 34.5 Å². The van der Waals surface area contributed by atoms with Gasteiger partial charge in [0.1, 0.15) is 12.4 Å². The summed E-state index contributed by atoms with van der Waals surface area (Å²) >= 11 is 6.16. The Hall–Kier alpha value is -4.05. The number of aromatic nitrogens is 4. The van der Waals surface area contributed by atoms with E-state index in [-0.39, 0.29) is 25.7 Å². The van der Waals surface area contributed by atoms with Gasteiger partial charge in [-0.25, -0.2) is 0 Å². The van der Waals surface area contributed by atoms with E-state index in [1.807, 2.05) is 19.9 Å². The van der Waals surface area contributed by atoms with Gasteiger partial charge in [0.05, 0.1) is 20.8 Å². The number of nitrogens with one attached hydrogen (secondary N) is 1. The minimum absolute atomic E-state index is 0.111. The predicted molar refractivity (Wildman–Crippen MR) is 134 cm³/mol. The number of aryl methyl sites for hydroxylation is 2. The number of halogens is 1. The maximum Gasteiger partial charge on any atom is 0.258 e. The number of amides is 1. The van der Waals surface area contributed by atoms with Gasteiger partial charge in [-0.05, 0) is 61.4 Å². The van der Waals surface area contributed by atoms with Gasteiger partial charge < -0.3 is 24.3 Å². The third-order valence-corrected chi connectivity index (χ3v) is 5.93. The molecular formula is C25H26ClN5O5. The van der Waals surface area contributed by atoms with E-state index in [1.54, 1.807) is 55.1 Å². The Balaban J connectivity index is 1.33. The van der Waals surface area contributed by atoms with Crippen LogP contribution in [0.15, 0.2) is 42.5 Å². The zero-order chi connectivity index (χ0) is 25.7. The number of rotatable bonds is 10. The lowest BCUT2D eigenvalue weighted by molar-refractivity contribution is -0.123. The topological polar surface area (TPSA) is 109 Å². The molecule has 0 saturated heterocycles. The van der Waals surface area contributed by atoms with Crippen molar-refractivity contribution in [2.75, 3.05) is 34.0 Å². The average molecular weight is 512 g/mol. The fraction of sp³-hybridized carbons (Fsp3) is 0.280. The van der Waals surface area contributed by atoms with E-state index in [9.17, 15) is 4.79 Å². The monoisotopic (exact) mass is 511 g/mol. The summed E-state index contributed by atoms with van der Waals surface area (Å²) in [6, 6.07) is 12.5. The summed E-state index contributed by atoms with van der Waals surface area (Å²) in [6.07, 6.45) is 0. The second-order valence-electron chi connectivity index (χ2n) is 7.89. The lowest BCUT2D eigenvalue weighted by Crippen LogP contribution is -2.32. The van der Waals surface area contributed by atoms with Crippen LogP contribution < -0.4 is 24.3 Å². The van der Waals surface area contributed by atoms with Crippen molar-refractivity contribution in [1.29, 1.82) is 0 Å². The summed E-state index contributed by atoms with van der Waals surface area (Å²) in [5, 5.41) is 16.3. The number of hydrogen-bond acceptors (Lipinski definition) is 8. The molecule has 10 nitrogen and oxygen atoms in total. The van der Waals surface area contributed by atoms with E-state index in [4.69, 9.17) is 30.5 Å². The van der Waals surface area contributed by atoms with Crippen molar-refractivity contribution in [2.45, 2.75) is 13.8 Å². The minimum atomic E-state index is -0.262. The quantitative estimate of drug-likeness (QED) is 0.321. The van der Waals surface area contributed by atoms with Crippen molar-refractivity contribution in [1.82, 2.24) is 25.1 Å². The Kier molecular flexibility index (Phi) is 7.74. The molecule has 2 aromatic carbocycles. The summed E-state index contributed by atoms with van der Waals surface area (Å²) in [6.45, 7) is 4.17. The maximum atomic E-state index is 12.1. The summed E-state index contributed by atoms with van der Waals surface area (Å²) in [7, 11) is 3.14. The van der Waals surface area contributed by atoms with Crippen molar-refractivity contribution >= 4 is 23.2 Å². The Morgan fingerprint density at radius 3 is 2.44 bits per heavy atom. The number of hydrogen-bond donors (Lipinski definition) is 1. The Morgan fingerprint density at radius 1 is 0.972 bits per heavy atom.